The van der Waals surface area contributed by atoms with Crippen LogP contribution in [0.2, 0.25) is 0 Å². The van der Waals surface area contributed by atoms with Gasteiger partial charge in [0.1, 0.15) is 11.6 Å². The minimum absolute atomic E-state index is 0.180. The lowest BCUT2D eigenvalue weighted by Crippen LogP contribution is -2.49. The Morgan fingerprint density at radius 3 is 2.38 bits per heavy atom. The molecule has 0 radical (unpaired) electrons. The van der Waals surface area contributed by atoms with Gasteiger partial charge in [0.05, 0.1) is 0 Å². The normalized spacial score (nSPS) is 12.3. The van der Waals surface area contributed by atoms with Gasteiger partial charge >= 0.3 is 6.09 Å². The number of rotatable bonds is 8. The van der Waals surface area contributed by atoms with Crippen molar-refractivity contribution in [1.82, 2.24) is 10.6 Å². The summed E-state index contributed by atoms with van der Waals surface area (Å²) in [5, 5.41) is 5.59. The average molecular weight is 334 g/mol. The third-order valence-electron chi connectivity index (χ3n) is 3.37. The molecule has 0 bridgehead atoms. The number of nitrogens with one attached hydrogen (secondary N) is 2. The van der Waals surface area contributed by atoms with Gasteiger partial charge in [-0.1, -0.05) is 50.1 Å². The molecule has 5 nitrogen and oxygen atoms in total. The molecular weight excluding hydrogens is 304 g/mol. The fourth-order valence-electron chi connectivity index (χ4n) is 2.22. The van der Waals surface area contributed by atoms with Crippen LogP contribution in [0.3, 0.4) is 0 Å². The van der Waals surface area contributed by atoms with Crippen LogP contribution in [0.25, 0.3) is 0 Å². The number of alkyl carbamates (subject to hydrolysis) is 1. The summed E-state index contributed by atoms with van der Waals surface area (Å²) in [4.78, 5) is 24.5. The van der Waals surface area contributed by atoms with Crippen LogP contribution < -0.4 is 10.6 Å². The van der Waals surface area contributed by atoms with Crippen LogP contribution in [-0.2, 0) is 16.0 Å². The van der Waals surface area contributed by atoms with E-state index < -0.39 is 17.7 Å². The molecule has 0 aromatic heterocycles. The van der Waals surface area contributed by atoms with Crippen molar-refractivity contribution in [2.75, 3.05) is 6.54 Å². The highest BCUT2D eigenvalue weighted by Crippen LogP contribution is 2.08. The molecule has 0 aliphatic heterocycles. The first-order valence-corrected chi connectivity index (χ1v) is 8.63. The first kappa shape index (κ1) is 20.0. The number of amides is 2. The minimum Gasteiger partial charge on any atom is -0.444 e. The third kappa shape index (κ3) is 8.56. The van der Waals surface area contributed by atoms with E-state index in [4.69, 9.17) is 4.74 Å². The molecule has 1 rings (SSSR count). The standard InChI is InChI=1S/C19H30N2O3/c1-5-6-10-13-20-17(22)16(14-15-11-8-7-9-12-15)21-18(23)24-19(2,3)4/h7-9,11-12,16H,5-6,10,13-14H2,1-4H3,(H,20,22)(H,21,23). The van der Waals surface area contributed by atoms with Gasteiger partial charge in [0, 0.05) is 13.0 Å². The van der Waals surface area contributed by atoms with E-state index in [-0.39, 0.29) is 5.91 Å². The molecule has 1 atom stereocenters. The van der Waals surface area contributed by atoms with Gasteiger partial charge in [-0.2, -0.15) is 0 Å². The zero-order valence-electron chi connectivity index (χ0n) is 15.2. The maximum Gasteiger partial charge on any atom is 0.408 e. The molecule has 1 aromatic carbocycles. The molecule has 1 unspecified atom stereocenters. The smallest absolute Gasteiger partial charge is 0.408 e. The molecule has 0 fully saturated rings. The largest absolute Gasteiger partial charge is 0.444 e. The van der Waals surface area contributed by atoms with E-state index in [2.05, 4.69) is 17.6 Å². The van der Waals surface area contributed by atoms with Gasteiger partial charge in [0.25, 0.3) is 0 Å². The van der Waals surface area contributed by atoms with E-state index in [1.165, 1.54) is 0 Å². The number of carbonyl (C=O) groups is 2. The Morgan fingerprint density at radius 2 is 1.79 bits per heavy atom. The molecule has 5 heteroatoms. The van der Waals surface area contributed by atoms with E-state index in [0.717, 1.165) is 24.8 Å². The Morgan fingerprint density at radius 1 is 1.12 bits per heavy atom. The Hall–Kier alpha value is -2.04. The van der Waals surface area contributed by atoms with Crippen LogP contribution in [-0.4, -0.2) is 30.2 Å². The zero-order valence-corrected chi connectivity index (χ0v) is 15.2. The molecule has 0 aliphatic rings. The molecule has 134 valence electrons. The van der Waals surface area contributed by atoms with Crippen molar-refractivity contribution in [2.24, 2.45) is 0 Å². The van der Waals surface area contributed by atoms with Crippen LogP contribution in [0, 0.1) is 0 Å². The predicted octanol–water partition coefficient (Wildman–Crippen LogP) is 3.43. The lowest BCUT2D eigenvalue weighted by atomic mass is 10.1. The molecule has 2 amide bonds. The molecule has 0 spiro atoms. The summed E-state index contributed by atoms with van der Waals surface area (Å²) in [5.74, 6) is -0.180. The average Bonchev–Trinajstić information content (AvgIpc) is 2.50. The van der Waals surface area contributed by atoms with Crippen molar-refractivity contribution >= 4 is 12.0 Å². The quantitative estimate of drug-likeness (QED) is 0.716. The summed E-state index contributed by atoms with van der Waals surface area (Å²) >= 11 is 0. The molecule has 24 heavy (non-hydrogen) atoms. The lowest BCUT2D eigenvalue weighted by molar-refractivity contribution is -0.123. The van der Waals surface area contributed by atoms with Crippen molar-refractivity contribution < 1.29 is 14.3 Å². The molecule has 0 saturated carbocycles. The number of hydrogen-bond acceptors (Lipinski definition) is 3. The van der Waals surface area contributed by atoms with Gasteiger partial charge in [-0.25, -0.2) is 4.79 Å². The maximum atomic E-state index is 12.4. The van der Waals surface area contributed by atoms with Gasteiger partial charge in [0.2, 0.25) is 5.91 Å². The van der Waals surface area contributed by atoms with Gasteiger partial charge in [-0.3, -0.25) is 4.79 Å². The number of benzene rings is 1. The third-order valence-corrected chi connectivity index (χ3v) is 3.37. The fraction of sp³-hybridized carbons (Fsp3) is 0.579. The molecule has 2 N–H and O–H groups in total. The summed E-state index contributed by atoms with van der Waals surface area (Å²) < 4.78 is 5.27. The highest BCUT2D eigenvalue weighted by Gasteiger charge is 2.24. The fourth-order valence-corrected chi connectivity index (χ4v) is 2.22. The number of hydrogen-bond donors (Lipinski definition) is 2. The van der Waals surface area contributed by atoms with Crippen LogP contribution >= 0.6 is 0 Å². The van der Waals surface area contributed by atoms with Crippen LogP contribution in [0.5, 0.6) is 0 Å². The first-order valence-electron chi connectivity index (χ1n) is 8.63. The number of unbranched alkanes of at least 4 members (excludes halogenated alkanes) is 2. The van der Waals surface area contributed by atoms with E-state index >= 15 is 0 Å². The Bertz CT molecular complexity index is 509. The first-order chi connectivity index (χ1) is 11.3. The van der Waals surface area contributed by atoms with E-state index in [1.807, 2.05) is 30.3 Å². The van der Waals surface area contributed by atoms with Crippen molar-refractivity contribution in [3.63, 3.8) is 0 Å². The molecule has 0 heterocycles. The van der Waals surface area contributed by atoms with Crippen molar-refractivity contribution in [3.05, 3.63) is 35.9 Å². The number of ether oxygens (including phenoxy) is 1. The van der Waals surface area contributed by atoms with Gasteiger partial charge in [-0.15, -0.1) is 0 Å². The predicted molar refractivity (Wildman–Crippen MR) is 95.8 cm³/mol. The van der Waals surface area contributed by atoms with Gasteiger partial charge < -0.3 is 15.4 Å². The molecule has 1 aromatic rings. The minimum atomic E-state index is -0.649. The summed E-state index contributed by atoms with van der Waals surface area (Å²) in [6.07, 6.45) is 2.96. The van der Waals surface area contributed by atoms with Crippen LogP contribution in [0.4, 0.5) is 4.79 Å². The van der Waals surface area contributed by atoms with E-state index in [1.54, 1.807) is 20.8 Å². The van der Waals surface area contributed by atoms with Gasteiger partial charge in [0.15, 0.2) is 0 Å². The van der Waals surface area contributed by atoms with E-state index in [0.29, 0.717) is 13.0 Å². The second-order valence-electron chi connectivity index (χ2n) is 6.89. The monoisotopic (exact) mass is 334 g/mol. The Balaban J connectivity index is 2.67. The summed E-state index contributed by atoms with van der Waals surface area (Å²) in [5.41, 5.74) is 0.390. The molecular formula is C19H30N2O3. The zero-order chi connectivity index (χ0) is 18.0. The highest BCUT2D eigenvalue weighted by molar-refractivity contribution is 5.86. The Labute approximate surface area is 145 Å². The van der Waals surface area contributed by atoms with E-state index in [9.17, 15) is 9.59 Å². The molecule has 0 saturated heterocycles. The lowest BCUT2D eigenvalue weighted by Gasteiger charge is -2.23. The van der Waals surface area contributed by atoms with Gasteiger partial charge in [-0.05, 0) is 32.8 Å². The maximum absolute atomic E-state index is 12.4. The molecule has 0 aliphatic carbocycles. The highest BCUT2D eigenvalue weighted by atomic mass is 16.6. The summed E-state index contributed by atoms with van der Waals surface area (Å²) in [7, 11) is 0. The second kappa shape index (κ2) is 9.96. The second-order valence-corrected chi connectivity index (χ2v) is 6.89. The van der Waals surface area contributed by atoms with Crippen molar-refractivity contribution in [3.8, 4) is 0 Å². The van der Waals surface area contributed by atoms with Crippen molar-refractivity contribution in [2.45, 2.75) is 65.0 Å². The van der Waals surface area contributed by atoms with Crippen LogP contribution in [0.15, 0.2) is 30.3 Å². The number of carbonyl (C=O) groups excluding carboxylic acids is 2. The Kier molecular flexibility index (Phi) is 8.30. The SMILES string of the molecule is CCCCCNC(=O)C(Cc1ccccc1)NC(=O)OC(C)(C)C. The van der Waals surface area contributed by atoms with Crippen LogP contribution in [0.1, 0.15) is 52.5 Å². The van der Waals surface area contributed by atoms with Crippen molar-refractivity contribution in [1.29, 1.82) is 0 Å². The summed E-state index contributed by atoms with van der Waals surface area (Å²) in [6, 6.07) is 8.98. The summed E-state index contributed by atoms with van der Waals surface area (Å²) in [6.45, 7) is 8.12. The topological polar surface area (TPSA) is 67.4 Å².